The molecule has 1 heterocycles. The maximum absolute atomic E-state index is 11.1. The van der Waals surface area contributed by atoms with Crippen LogP contribution < -0.4 is 9.47 Å². The molecule has 0 bridgehead atoms. The molecule has 0 aromatic heterocycles. The normalized spacial score (nSPS) is 17.0. The van der Waals surface area contributed by atoms with Crippen LogP contribution in [0.5, 0.6) is 11.5 Å². The van der Waals surface area contributed by atoms with E-state index < -0.39 is 15.8 Å². The molecule has 1 aromatic rings. The van der Waals surface area contributed by atoms with Crippen molar-refractivity contribution in [3.8, 4) is 11.5 Å². The second-order valence-corrected chi connectivity index (χ2v) is 7.20. The number of aliphatic carboxylic acids is 1. The molecule has 6 nitrogen and oxygen atoms in total. The van der Waals surface area contributed by atoms with Gasteiger partial charge in [0.25, 0.3) is 0 Å². The summed E-state index contributed by atoms with van der Waals surface area (Å²) in [5.41, 5.74) is 0.960. The number of hydrogen-bond acceptors (Lipinski definition) is 5. The van der Waals surface area contributed by atoms with E-state index in [1.54, 1.807) is 12.1 Å². The lowest BCUT2D eigenvalue weighted by Crippen LogP contribution is -2.45. The number of carboxylic acid groups (broad SMARTS) is 1. The molecule has 0 amide bonds. The van der Waals surface area contributed by atoms with E-state index in [4.69, 9.17) is 14.6 Å². The molecule has 1 fully saturated rings. The number of benzene rings is 1. The fourth-order valence-electron chi connectivity index (χ4n) is 2.17. The average molecular weight is 314 g/mol. The molecule has 1 aliphatic heterocycles. The Bertz CT molecular complexity index is 610. The van der Waals surface area contributed by atoms with Gasteiger partial charge >= 0.3 is 5.97 Å². The Kier molecular flexibility index (Phi) is 4.72. The van der Waals surface area contributed by atoms with Crippen molar-refractivity contribution in [1.29, 1.82) is 0 Å². The van der Waals surface area contributed by atoms with Gasteiger partial charge in [0.05, 0.1) is 18.6 Å². The third-order valence-electron chi connectivity index (χ3n) is 3.26. The zero-order valence-corrected chi connectivity index (χ0v) is 12.6. The highest BCUT2D eigenvalue weighted by Gasteiger charge is 2.35. The maximum atomic E-state index is 11.1. The van der Waals surface area contributed by atoms with E-state index in [0.29, 0.717) is 24.3 Å². The molecule has 0 aliphatic carbocycles. The van der Waals surface area contributed by atoms with Gasteiger partial charge in [-0.2, -0.15) is 0 Å². The zero-order chi connectivity index (χ0) is 15.5. The van der Waals surface area contributed by atoms with Crippen LogP contribution in [-0.4, -0.2) is 44.2 Å². The minimum Gasteiger partial charge on any atom is -0.493 e. The van der Waals surface area contributed by atoms with Crippen LogP contribution in [-0.2, 0) is 21.1 Å². The van der Waals surface area contributed by atoms with Crippen LogP contribution in [0, 0.1) is 0 Å². The molecule has 0 spiro atoms. The van der Waals surface area contributed by atoms with E-state index >= 15 is 0 Å². The number of hydrogen-bond donors (Lipinski definition) is 1. The lowest BCUT2D eigenvalue weighted by atomic mass is 10.1. The van der Waals surface area contributed by atoms with Crippen molar-refractivity contribution in [1.82, 2.24) is 0 Å². The van der Waals surface area contributed by atoms with E-state index in [1.807, 2.05) is 6.07 Å². The molecular formula is C14H18O6S. The van der Waals surface area contributed by atoms with Gasteiger partial charge in [-0.15, -0.1) is 0 Å². The summed E-state index contributed by atoms with van der Waals surface area (Å²) in [5, 5.41) is 8.62. The molecule has 21 heavy (non-hydrogen) atoms. The van der Waals surface area contributed by atoms with Crippen molar-refractivity contribution in [2.24, 2.45) is 0 Å². The Morgan fingerprint density at radius 2 is 2.05 bits per heavy atom. The van der Waals surface area contributed by atoms with Gasteiger partial charge in [0.1, 0.15) is 6.10 Å². The van der Waals surface area contributed by atoms with Crippen molar-refractivity contribution in [2.45, 2.75) is 25.4 Å². The van der Waals surface area contributed by atoms with E-state index in [-0.39, 0.29) is 24.0 Å². The number of carboxylic acids is 1. The van der Waals surface area contributed by atoms with Crippen molar-refractivity contribution >= 4 is 15.8 Å². The van der Waals surface area contributed by atoms with Crippen molar-refractivity contribution < 1.29 is 27.8 Å². The topological polar surface area (TPSA) is 89.9 Å². The third kappa shape index (κ3) is 4.35. The molecule has 116 valence electrons. The van der Waals surface area contributed by atoms with Gasteiger partial charge in [-0.05, 0) is 30.5 Å². The lowest BCUT2D eigenvalue weighted by molar-refractivity contribution is -0.137. The Morgan fingerprint density at radius 1 is 1.33 bits per heavy atom. The summed E-state index contributed by atoms with van der Waals surface area (Å²) >= 11 is 0. The second kappa shape index (κ2) is 6.34. The minimum absolute atomic E-state index is 0.0382. The van der Waals surface area contributed by atoms with Crippen LogP contribution in [0.2, 0.25) is 0 Å². The molecule has 0 unspecified atom stereocenters. The van der Waals surface area contributed by atoms with Crippen LogP contribution in [0.1, 0.15) is 18.4 Å². The maximum Gasteiger partial charge on any atom is 0.303 e. The number of carbonyl (C=O) groups is 1. The average Bonchev–Trinajstić information content (AvgIpc) is 2.37. The molecule has 1 saturated heterocycles. The van der Waals surface area contributed by atoms with E-state index in [1.165, 1.54) is 7.11 Å². The molecule has 1 N–H and O–H groups in total. The first-order valence-electron chi connectivity index (χ1n) is 6.65. The van der Waals surface area contributed by atoms with Gasteiger partial charge in [-0.1, -0.05) is 6.07 Å². The molecular weight excluding hydrogens is 296 g/mol. The Morgan fingerprint density at radius 3 is 2.62 bits per heavy atom. The highest BCUT2D eigenvalue weighted by atomic mass is 32.2. The smallest absolute Gasteiger partial charge is 0.303 e. The van der Waals surface area contributed by atoms with E-state index in [0.717, 1.165) is 5.56 Å². The summed E-state index contributed by atoms with van der Waals surface area (Å²) in [6, 6.07) is 5.37. The fourth-order valence-corrected chi connectivity index (χ4v) is 3.35. The summed E-state index contributed by atoms with van der Waals surface area (Å²) < 4.78 is 33.1. The summed E-state index contributed by atoms with van der Waals surface area (Å²) in [4.78, 5) is 10.5. The molecule has 2 rings (SSSR count). The van der Waals surface area contributed by atoms with Gasteiger partial charge in [-0.3, -0.25) is 4.79 Å². The first-order chi connectivity index (χ1) is 9.89. The van der Waals surface area contributed by atoms with Gasteiger partial charge in [-0.25, -0.2) is 8.42 Å². The molecule has 1 aromatic carbocycles. The molecule has 7 heteroatoms. The first-order valence-corrected chi connectivity index (χ1v) is 8.47. The zero-order valence-electron chi connectivity index (χ0n) is 11.7. The fraction of sp³-hybridized carbons (Fsp3) is 0.500. The summed E-state index contributed by atoms with van der Waals surface area (Å²) in [5.74, 6) is 0.312. The lowest BCUT2D eigenvalue weighted by Gasteiger charge is -2.27. The van der Waals surface area contributed by atoms with E-state index in [2.05, 4.69) is 0 Å². The van der Waals surface area contributed by atoms with Gasteiger partial charge < -0.3 is 14.6 Å². The number of rotatable bonds is 7. The van der Waals surface area contributed by atoms with Crippen LogP contribution >= 0.6 is 0 Å². The standard InChI is InChI=1S/C14H18O6S/c1-19-13-7-10(3-2-4-14(15)16)5-6-12(13)20-11-8-21(17,18)9-11/h5-7,11H,2-4,8-9H2,1H3,(H,15,16). The third-order valence-corrected chi connectivity index (χ3v) is 5.02. The molecule has 1 aliphatic rings. The summed E-state index contributed by atoms with van der Waals surface area (Å²) in [6.07, 6.45) is 1.00. The van der Waals surface area contributed by atoms with Crippen LogP contribution in [0.4, 0.5) is 0 Å². The molecule has 0 radical (unpaired) electrons. The first kappa shape index (κ1) is 15.6. The van der Waals surface area contributed by atoms with Crippen molar-refractivity contribution in [3.05, 3.63) is 23.8 Å². The number of ether oxygens (including phenoxy) is 2. The largest absolute Gasteiger partial charge is 0.493 e. The van der Waals surface area contributed by atoms with Gasteiger partial charge in [0.15, 0.2) is 21.3 Å². The van der Waals surface area contributed by atoms with Crippen LogP contribution in [0.3, 0.4) is 0 Å². The van der Waals surface area contributed by atoms with Crippen LogP contribution in [0.25, 0.3) is 0 Å². The predicted octanol–water partition coefficient (Wildman–Crippen LogP) is 1.28. The van der Waals surface area contributed by atoms with E-state index in [9.17, 15) is 13.2 Å². The highest BCUT2D eigenvalue weighted by Crippen LogP contribution is 2.31. The quantitative estimate of drug-likeness (QED) is 0.815. The highest BCUT2D eigenvalue weighted by molar-refractivity contribution is 7.92. The van der Waals surface area contributed by atoms with Gasteiger partial charge in [0.2, 0.25) is 0 Å². The Labute approximate surface area is 123 Å². The molecule has 0 atom stereocenters. The van der Waals surface area contributed by atoms with Crippen LogP contribution in [0.15, 0.2) is 18.2 Å². The minimum atomic E-state index is -2.92. The number of aryl methyl sites for hydroxylation is 1. The van der Waals surface area contributed by atoms with Crippen molar-refractivity contribution in [2.75, 3.05) is 18.6 Å². The summed E-state index contributed by atoms with van der Waals surface area (Å²) in [6.45, 7) is 0. The SMILES string of the molecule is COc1cc(CCCC(=O)O)ccc1OC1CS(=O)(=O)C1. The number of methoxy groups -OCH3 is 1. The summed E-state index contributed by atoms with van der Waals surface area (Å²) in [7, 11) is -1.41. The second-order valence-electron chi connectivity index (χ2n) is 5.05. The monoisotopic (exact) mass is 314 g/mol. The Balaban J connectivity index is 1.97. The number of sulfone groups is 1. The predicted molar refractivity (Wildman–Crippen MR) is 76.6 cm³/mol. The Hall–Kier alpha value is -1.76. The van der Waals surface area contributed by atoms with Crippen molar-refractivity contribution in [3.63, 3.8) is 0 Å². The molecule has 0 saturated carbocycles. The van der Waals surface area contributed by atoms with Gasteiger partial charge in [0, 0.05) is 6.42 Å².